The van der Waals surface area contributed by atoms with Gasteiger partial charge in [0.05, 0.1) is 6.07 Å². The number of carbonyl (C=O) groups is 1. The molecule has 112 valence electrons. The summed E-state index contributed by atoms with van der Waals surface area (Å²) >= 11 is 0. The average Bonchev–Trinajstić information content (AvgIpc) is 3.01. The summed E-state index contributed by atoms with van der Waals surface area (Å²) < 4.78 is 0. The molecule has 0 spiro atoms. The molecule has 0 radical (unpaired) electrons. The van der Waals surface area contributed by atoms with Crippen molar-refractivity contribution >= 4 is 5.91 Å². The molecule has 0 unspecified atom stereocenters. The van der Waals surface area contributed by atoms with E-state index < -0.39 is 6.04 Å². The molecule has 1 fully saturated rings. The zero-order chi connectivity index (χ0) is 15.2. The monoisotopic (exact) mass is 284 g/mol. The van der Waals surface area contributed by atoms with Crippen LogP contribution < -0.4 is 0 Å². The van der Waals surface area contributed by atoms with Crippen molar-refractivity contribution in [2.24, 2.45) is 5.92 Å². The Hall–Kier alpha value is -1.82. The molecule has 0 N–H and O–H groups in total. The number of amides is 1. The van der Waals surface area contributed by atoms with Crippen LogP contribution in [0.15, 0.2) is 24.3 Å². The van der Waals surface area contributed by atoms with E-state index in [2.05, 4.69) is 13.0 Å². The summed E-state index contributed by atoms with van der Waals surface area (Å²) in [6.45, 7) is 2.11. The predicted molar refractivity (Wildman–Crippen MR) is 83.5 cm³/mol. The Morgan fingerprint density at radius 2 is 1.95 bits per heavy atom. The molecule has 1 amide bonds. The van der Waals surface area contributed by atoms with E-state index in [-0.39, 0.29) is 5.91 Å². The highest BCUT2D eigenvalue weighted by atomic mass is 16.2. The smallest absolute Gasteiger partial charge is 0.223 e. The van der Waals surface area contributed by atoms with Gasteiger partial charge >= 0.3 is 0 Å². The minimum absolute atomic E-state index is 0.0908. The number of nitrogens with zero attached hydrogens (tertiary/aromatic N) is 2. The summed E-state index contributed by atoms with van der Waals surface area (Å²) in [5, 5.41) is 9.44. The van der Waals surface area contributed by atoms with E-state index in [9.17, 15) is 10.1 Å². The van der Waals surface area contributed by atoms with Crippen LogP contribution in [0.3, 0.4) is 0 Å². The van der Waals surface area contributed by atoms with Gasteiger partial charge < -0.3 is 4.90 Å². The second-order valence-electron chi connectivity index (χ2n) is 5.99. The van der Waals surface area contributed by atoms with Gasteiger partial charge in [-0.2, -0.15) is 5.26 Å². The Morgan fingerprint density at radius 1 is 1.33 bits per heavy atom. The van der Waals surface area contributed by atoms with Gasteiger partial charge in [0, 0.05) is 13.5 Å². The van der Waals surface area contributed by atoms with E-state index in [0.29, 0.717) is 12.3 Å². The molecule has 1 aliphatic rings. The van der Waals surface area contributed by atoms with E-state index >= 15 is 0 Å². The third-order valence-corrected chi connectivity index (χ3v) is 4.54. The zero-order valence-electron chi connectivity index (χ0n) is 13.0. The van der Waals surface area contributed by atoms with Gasteiger partial charge in [-0.3, -0.25) is 4.79 Å². The Morgan fingerprint density at radius 3 is 2.48 bits per heavy atom. The number of nitriles is 1. The molecular formula is C18H24N2O. The van der Waals surface area contributed by atoms with Crippen LogP contribution in [0.2, 0.25) is 0 Å². The predicted octanol–water partition coefficient (Wildman–Crippen LogP) is 3.85. The molecule has 1 aromatic carbocycles. The summed E-state index contributed by atoms with van der Waals surface area (Å²) in [7, 11) is 1.75. The minimum Gasteiger partial charge on any atom is -0.326 e. The van der Waals surface area contributed by atoms with Crippen molar-refractivity contribution in [3.8, 4) is 6.07 Å². The molecule has 0 saturated heterocycles. The summed E-state index contributed by atoms with van der Waals surface area (Å²) in [5.74, 6) is 0.606. The first-order valence-corrected chi connectivity index (χ1v) is 7.89. The lowest BCUT2D eigenvalue weighted by Gasteiger charge is -2.24. The van der Waals surface area contributed by atoms with Crippen LogP contribution in [0.25, 0.3) is 0 Å². The number of hydrogen-bond acceptors (Lipinski definition) is 2. The van der Waals surface area contributed by atoms with Crippen LogP contribution in [0.1, 0.15) is 56.2 Å². The van der Waals surface area contributed by atoms with Gasteiger partial charge in [-0.15, -0.1) is 0 Å². The summed E-state index contributed by atoms with van der Waals surface area (Å²) in [6.07, 6.45) is 6.35. The molecule has 1 saturated carbocycles. The molecule has 1 aliphatic carbocycles. The van der Waals surface area contributed by atoms with Crippen LogP contribution in [0.5, 0.6) is 0 Å². The van der Waals surface area contributed by atoms with Crippen LogP contribution in [0.4, 0.5) is 0 Å². The highest BCUT2D eigenvalue weighted by Gasteiger charge is 2.25. The van der Waals surface area contributed by atoms with Crippen molar-refractivity contribution in [2.75, 3.05) is 7.05 Å². The van der Waals surface area contributed by atoms with Gasteiger partial charge in [0.1, 0.15) is 6.04 Å². The van der Waals surface area contributed by atoms with Crippen LogP contribution in [0, 0.1) is 17.2 Å². The topological polar surface area (TPSA) is 44.1 Å². The molecule has 0 bridgehead atoms. The third kappa shape index (κ3) is 3.85. The number of carbonyl (C=O) groups excluding carboxylic acids is 1. The SMILES string of the molecule is CCc1ccc([C@H](C#N)N(C)C(=O)CC2CCCC2)cc1. The standard InChI is InChI=1S/C18H24N2O/c1-3-14-8-10-16(11-9-14)17(13-19)20(2)18(21)12-15-6-4-5-7-15/h8-11,15,17H,3-7,12H2,1-2H3/t17-/m0/s1. The number of aryl methyl sites for hydroxylation is 1. The molecule has 3 heteroatoms. The Kier molecular flexibility index (Phi) is 5.38. The fraction of sp³-hybridized carbons (Fsp3) is 0.556. The van der Waals surface area contributed by atoms with Gasteiger partial charge in [0.25, 0.3) is 0 Å². The quantitative estimate of drug-likeness (QED) is 0.824. The molecule has 21 heavy (non-hydrogen) atoms. The minimum atomic E-state index is -0.482. The molecule has 0 heterocycles. The summed E-state index contributed by atoms with van der Waals surface area (Å²) in [4.78, 5) is 14.0. The van der Waals surface area contributed by atoms with Crippen molar-refractivity contribution in [2.45, 2.75) is 51.5 Å². The van der Waals surface area contributed by atoms with Crippen molar-refractivity contribution in [1.29, 1.82) is 5.26 Å². The van der Waals surface area contributed by atoms with Gasteiger partial charge in [-0.25, -0.2) is 0 Å². The molecule has 2 rings (SSSR count). The highest BCUT2D eigenvalue weighted by Crippen LogP contribution is 2.29. The maximum absolute atomic E-state index is 12.4. The molecule has 3 nitrogen and oxygen atoms in total. The molecule has 0 aliphatic heterocycles. The van der Waals surface area contributed by atoms with Gasteiger partial charge in [0.15, 0.2) is 0 Å². The van der Waals surface area contributed by atoms with Crippen molar-refractivity contribution < 1.29 is 4.79 Å². The maximum atomic E-state index is 12.4. The van der Waals surface area contributed by atoms with Gasteiger partial charge in [-0.05, 0) is 36.3 Å². The fourth-order valence-electron chi connectivity index (χ4n) is 3.07. The maximum Gasteiger partial charge on any atom is 0.223 e. The van der Waals surface area contributed by atoms with Crippen molar-refractivity contribution in [3.63, 3.8) is 0 Å². The first-order valence-electron chi connectivity index (χ1n) is 7.89. The van der Waals surface area contributed by atoms with E-state index in [1.807, 2.05) is 24.3 Å². The van der Waals surface area contributed by atoms with E-state index in [4.69, 9.17) is 0 Å². The largest absolute Gasteiger partial charge is 0.326 e. The Balaban J connectivity index is 2.04. The summed E-state index contributed by atoms with van der Waals surface area (Å²) in [5.41, 5.74) is 2.15. The number of rotatable bonds is 5. The summed E-state index contributed by atoms with van der Waals surface area (Å²) in [6, 6.07) is 9.79. The number of benzene rings is 1. The van der Waals surface area contributed by atoms with Crippen LogP contribution in [-0.4, -0.2) is 17.9 Å². The van der Waals surface area contributed by atoms with Crippen molar-refractivity contribution in [1.82, 2.24) is 4.90 Å². The third-order valence-electron chi connectivity index (χ3n) is 4.54. The molecule has 1 aromatic rings. The van der Waals surface area contributed by atoms with E-state index in [1.165, 1.54) is 18.4 Å². The lowest BCUT2D eigenvalue weighted by Crippen LogP contribution is -2.31. The van der Waals surface area contributed by atoms with Crippen LogP contribution >= 0.6 is 0 Å². The first kappa shape index (κ1) is 15.6. The Bertz CT molecular complexity index is 509. The van der Waals surface area contributed by atoms with Crippen LogP contribution in [-0.2, 0) is 11.2 Å². The lowest BCUT2D eigenvalue weighted by atomic mass is 10.0. The fourth-order valence-corrected chi connectivity index (χ4v) is 3.07. The Labute approximate surface area is 127 Å². The highest BCUT2D eigenvalue weighted by molar-refractivity contribution is 5.77. The van der Waals surface area contributed by atoms with Gasteiger partial charge in [0.2, 0.25) is 5.91 Å². The van der Waals surface area contributed by atoms with Crippen molar-refractivity contribution in [3.05, 3.63) is 35.4 Å². The van der Waals surface area contributed by atoms with Gasteiger partial charge in [-0.1, -0.05) is 44.0 Å². The second-order valence-corrected chi connectivity index (χ2v) is 5.99. The van der Waals surface area contributed by atoms with E-state index in [0.717, 1.165) is 24.8 Å². The molecular weight excluding hydrogens is 260 g/mol. The number of hydrogen-bond donors (Lipinski definition) is 0. The zero-order valence-corrected chi connectivity index (χ0v) is 13.0. The first-order chi connectivity index (χ1) is 10.2. The molecule has 0 aromatic heterocycles. The second kappa shape index (κ2) is 7.26. The normalized spacial score (nSPS) is 16.4. The average molecular weight is 284 g/mol. The van der Waals surface area contributed by atoms with E-state index in [1.54, 1.807) is 11.9 Å². The lowest BCUT2D eigenvalue weighted by molar-refractivity contribution is -0.132. The molecule has 1 atom stereocenters.